The Morgan fingerprint density at radius 2 is 2.12 bits per heavy atom. The number of rotatable bonds is 4. The number of primary amides is 1. The van der Waals surface area contributed by atoms with Crippen LogP contribution in [0.3, 0.4) is 0 Å². The molecule has 5 N–H and O–H groups in total. The van der Waals surface area contributed by atoms with Crippen LogP contribution >= 0.6 is 0 Å². The predicted molar refractivity (Wildman–Crippen MR) is 64.9 cm³/mol. The van der Waals surface area contributed by atoms with E-state index in [1.807, 2.05) is 26.8 Å². The van der Waals surface area contributed by atoms with E-state index in [1.54, 1.807) is 6.07 Å². The smallest absolute Gasteiger partial charge is 0.219 e. The fourth-order valence-corrected chi connectivity index (χ4v) is 1.47. The molecule has 0 aliphatic rings. The van der Waals surface area contributed by atoms with Crippen molar-refractivity contribution in [1.29, 1.82) is 0 Å². The molecule has 0 atom stereocenters. The average molecular weight is 222 g/mol. The molecule has 0 unspecified atom stereocenters. The van der Waals surface area contributed by atoms with Gasteiger partial charge in [0, 0.05) is 17.7 Å². The van der Waals surface area contributed by atoms with Crippen LogP contribution in [0, 0.1) is 6.92 Å². The highest BCUT2D eigenvalue weighted by molar-refractivity contribution is 5.76. The van der Waals surface area contributed by atoms with Crippen LogP contribution in [0.25, 0.3) is 0 Å². The van der Waals surface area contributed by atoms with E-state index in [4.69, 9.17) is 11.5 Å². The first kappa shape index (κ1) is 12.3. The van der Waals surface area contributed by atoms with Crippen LogP contribution < -0.4 is 16.8 Å². The van der Waals surface area contributed by atoms with E-state index in [1.165, 1.54) is 0 Å². The minimum Gasteiger partial charge on any atom is -0.396 e. The Kier molecular flexibility index (Phi) is 3.37. The van der Waals surface area contributed by atoms with Crippen LogP contribution in [0.5, 0.6) is 0 Å². The fraction of sp³-hybridized carbons (Fsp3) is 0.455. The van der Waals surface area contributed by atoms with Crippen molar-refractivity contribution in [1.82, 2.24) is 4.98 Å². The molecule has 5 nitrogen and oxygen atoms in total. The van der Waals surface area contributed by atoms with Crippen LogP contribution in [0.15, 0.2) is 12.1 Å². The summed E-state index contributed by atoms with van der Waals surface area (Å²) in [5.74, 6) is 0.231. The second-order valence-electron chi connectivity index (χ2n) is 4.54. The van der Waals surface area contributed by atoms with Gasteiger partial charge in [-0.25, -0.2) is 4.98 Å². The lowest BCUT2D eigenvalue weighted by Gasteiger charge is -2.26. The number of aromatic nitrogens is 1. The van der Waals surface area contributed by atoms with E-state index in [2.05, 4.69) is 10.3 Å². The molecular formula is C11H18N4O. The monoisotopic (exact) mass is 222 g/mol. The van der Waals surface area contributed by atoms with E-state index in [-0.39, 0.29) is 12.3 Å². The third-order valence-electron chi connectivity index (χ3n) is 2.14. The lowest BCUT2D eigenvalue weighted by atomic mass is 10.0. The van der Waals surface area contributed by atoms with Gasteiger partial charge < -0.3 is 16.8 Å². The Labute approximate surface area is 95.2 Å². The van der Waals surface area contributed by atoms with Gasteiger partial charge in [0.15, 0.2) is 0 Å². The van der Waals surface area contributed by atoms with E-state index in [9.17, 15) is 4.79 Å². The van der Waals surface area contributed by atoms with Crippen molar-refractivity contribution in [3.05, 3.63) is 17.8 Å². The highest BCUT2D eigenvalue weighted by Gasteiger charge is 2.21. The second kappa shape index (κ2) is 4.38. The van der Waals surface area contributed by atoms with Gasteiger partial charge in [-0.1, -0.05) is 0 Å². The lowest BCUT2D eigenvalue weighted by Crippen LogP contribution is -2.36. The van der Waals surface area contributed by atoms with Crippen LogP contribution in [0.4, 0.5) is 11.5 Å². The van der Waals surface area contributed by atoms with Crippen molar-refractivity contribution in [2.24, 2.45) is 5.73 Å². The van der Waals surface area contributed by atoms with Crippen molar-refractivity contribution in [2.75, 3.05) is 11.1 Å². The third kappa shape index (κ3) is 3.42. The molecule has 0 aliphatic carbocycles. The van der Waals surface area contributed by atoms with Crippen LogP contribution in [-0.2, 0) is 4.79 Å². The summed E-state index contributed by atoms with van der Waals surface area (Å²) in [6.07, 6.45) is 0.224. The molecule has 0 saturated heterocycles. The molecule has 0 bridgehead atoms. The molecular weight excluding hydrogens is 204 g/mol. The number of anilines is 2. The maximum absolute atomic E-state index is 10.9. The Balaban J connectivity index is 2.86. The van der Waals surface area contributed by atoms with Gasteiger partial charge in [-0.05, 0) is 32.9 Å². The largest absolute Gasteiger partial charge is 0.396 e. The highest BCUT2D eigenvalue weighted by atomic mass is 16.1. The number of carbonyl (C=O) groups excluding carboxylic acids is 1. The van der Waals surface area contributed by atoms with Gasteiger partial charge >= 0.3 is 0 Å². The van der Waals surface area contributed by atoms with Crippen LogP contribution in [0.1, 0.15) is 26.0 Å². The molecule has 0 saturated carbocycles. The average Bonchev–Trinajstić information content (AvgIpc) is 2.08. The summed E-state index contributed by atoms with van der Waals surface area (Å²) in [5.41, 5.74) is 11.9. The zero-order chi connectivity index (χ0) is 12.3. The van der Waals surface area contributed by atoms with Crippen molar-refractivity contribution in [3.8, 4) is 0 Å². The van der Waals surface area contributed by atoms with E-state index in [0.717, 1.165) is 5.69 Å². The van der Waals surface area contributed by atoms with Crippen molar-refractivity contribution < 1.29 is 4.79 Å². The summed E-state index contributed by atoms with van der Waals surface area (Å²) < 4.78 is 0. The summed E-state index contributed by atoms with van der Waals surface area (Å²) in [4.78, 5) is 15.2. The SMILES string of the molecule is Cc1ccc(N)c(NC(C)(C)CC(N)=O)n1. The van der Waals surface area contributed by atoms with Gasteiger partial charge in [0.2, 0.25) is 5.91 Å². The molecule has 5 heteroatoms. The molecule has 0 spiro atoms. The van der Waals surface area contributed by atoms with Gasteiger partial charge in [-0.3, -0.25) is 4.79 Å². The Bertz CT molecular complexity index is 401. The molecule has 88 valence electrons. The molecule has 16 heavy (non-hydrogen) atoms. The summed E-state index contributed by atoms with van der Waals surface area (Å²) >= 11 is 0. The number of pyridine rings is 1. The van der Waals surface area contributed by atoms with Gasteiger partial charge in [0.05, 0.1) is 5.69 Å². The maximum atomic E-state index is 10.9. The number of amides is 1. The number of aryl methyl sites for hydroxylation is 1. The minimum absolute atomic E-state index is 0.224. The number of nitrogens with one attached hydrogen (secondary N) is 1. The van der Waals surface area contributed by atoms with E-state index in [0.29, 0.717) is 11.5 Å². The number of hydrogen-bond acceptors (Lipinski definition) is 4. The van der Waals surface area contributed by atoms with Gasteiger partial charge in [0.25, 0.3) is 0 Å². The molecule has 0 aliphatic heterocycles. The number of nitrogen functional groups attached to an aromatic ring is 1. The molecule has 1 aromatic heterocycles. The number of nitrogens with two attached hydrogens (primary N) is 2. The number of hydrogen-bond donors (Lipinski definition) is 3. The highest BCUT2D eigenvalue weighted by Crippen LogP contribution is 2.21. The summed E-state index contributed by atoms with van der Waals surface area (Å²) in [6.45, 7) is 5.63. The van der Waals surface area contributed by atoms with Gasteiger partial charge in [-0.2, -0.15) is 0 Å². The molecule has 0 radical (unpaired) electrons. The molecule has 1 heterocycles. The topological polar surface area (TPSA) is 94.0 Å². The van der Waals surface area contributed by atoms with Crippen molar-refractivity contribution in [3.63, 3.8) is 0 Å². The number of nitrogens with zero attached hydrogens (tertiary/aromatic N) is 1. The Hall–Kier alpha value is -1.78. The Morgan fingerprint density at radius 1 is 1.50 bits per heavy atom. The van der Waals surface area contributed by atoms with Crippen LogP contribution in [0.2, 0.25) is 0 Å². The van der Waals surface area contributed by atoms with Gasteiger partial charge in [0.1, 0.15) is 5.82 Å². The zero-order valence-corrected chi connectivity index (χ0v) is 9.87. The van der Waals surface area contributed by atoms with Gasteiger partial charge in [-0.15, -0.1) is 0 Å². The fourth-order valence-electron chi connectivity index (χ4n) is 1.47. The lowest BCUT2D eigenvalue weighted by molar-refractivity contribution is -0.118. The second-order valence-corrected chi connectivity index (χ2v) is 4.54. The Morgan fingerprint density at radius 3 is 2.69 bits per heavy atom. The third-order valence-corrected chi connectivity index (χ3v) is 2.14. The molecule has 0 fully saturated rings. The predicted octanol–water partition coefficient (Wildman–Crippen LogP) is 1.04. The first-order valence-corrected chi connectivity index (χ1v) is 5.10. The zero-order valence-electron chi connectivity index (χ0n) is 9.87. The molecule has 1 rings (SSSR count). The first-order chi connectivity index (χ1) is 7.30. The van der Waals surface area contributed by atoms with Crippen molar-refractivity contribution >= 4 is 17.4 Å². The van der Waals surface area contributed by atoms with Crippen LogP contribution in [-0.4, -0.2) is 16.4 Å². The maximum Gasteiger partial charge on any atom is 0.219 e. The summed E-state index contributed by atoms with van der Waals surface area (Å²) in [6, 6.07) is 3.62. The standard InChI is InChI=1S/C11H18N4O/c1-7-4-5-8(12)10(14-7)15-11(2,3)6-9(13)16/h4-5H,6,12H2,1-3H3,(H2,13,16)(H,14,15). The number of carbonyl (C=O) groups is 1. The van der Waals surface area contributed by atoms with E-state index < -0.39 is 5.54 Å². The molecule has 0 aromatic carbocycles. The summed E-state index contributed by atoms with van der Waals surface area (Å²) in [7, 11) is 0. The first-order valence-electron chi connectivity index (χ1n) is 5.10. The minimum atomic E-state index is -0.458. The van der Waals surface area contributed by atoms with Crippen molar-refractivity contribution in [2.45, 2.75) is 32.7 Å². The normalized spacial score (nSPS) is 11.2. The van der Waals surface area contributed by atoms with E-state index >= 15 is 0 Å². The quantitative estimate of drug-likeness (QED) is 0.709. The summed E-state index contributed by atoms with van der Waals surface area (Å²) in [5, 5.41) is 3.12. The molecule has 1 amide bonds. The molecule has 1 aromatic rings.